The van der Waals surface area contributed by atoms with Gasteiger partial charge in [-0.3, -0.25) is 0 Å². The Morgan fingerprint density at radius 3 is 3.13 bits per heavy atom. The Labute approximate surface area is 93.7 Å². The van der Waals surface area contributed by atoms with Gasteiger partial charge in [0.2, 0.25) is 5.95 Å². The summed E-state index contributed by atoms with van der Waals surface area (Å²) in [4.78, 5) is 3.77. The molecular formula is C11H15FN2S. The van der Waals surface area contributed by atoms with Crippen LogP contribution in [0.4, 0.5) is 10.2 Å². The lowest BCUT2D eigenvalue weighted by Gasteiger charge is -2.21. The minimum atomic E-state index is -0.420. The van der Waals surface area contributed by atoms with Gasteiger partial charge in [-0.15, -0.1) is 0 Å². The summed E-state index contributed by atoms with van der Waals surface area (Å²) in [6.07, 6.45) is 3.91. The van der Waals surface area contributed by atoms with Crippen LogP contribution in [0.1, 0.15) is 19.3 Å². The van der Waals surface area contributed by atoms with Crippen molar-refractivity contribution in [3.8, 4) is 0 Å². The topological polar surface area (TPSA) is 24.9 Å². The predicted molar refractivity (Wildman–Crippen MR) is 62.8 cm³/mol. The molecule has 15 heavy (non-hydrogen) atoms. The van der Waals surface area contributed by atoms with E-state index in [0.717, 1.165) is 6.54 Å². The van der Waals surface area contributed by atoms with Gasteiger partial charge < -0.3 is 5.32 Å². The van der Waals surface area contributed by atoms with E-state index >= 15 is 0 Å². The van der Waals surface area contributed by atoms with Gasteiger partial charge in [0.15, 0.2) is 0 Å². The van der Waals surface area contributed by atoms with Crippen molar-refractivity contribution < 1.29 is 4.39 Å². The SMILES string of the molecule is Fc1cccc(NCC2CCCCS2)n1. The third-order valence-corrected chi connectivity index (χ3v) is 3.90. The van der Waals surface area contributed by atoms with Gasteiger partial charge in [-0.05, 0) is 30.7 Å². The smallest absolute Gasteiger partial charge is 0.214 e. The minimum absolute atomic E-state index is 0.420. The van der Waals surface area contributed by atoms with Gasteiger partial charge in [-0.25, -0.2) is 4.98 Å². The summed E-state index contributed by atoms with van der Waals surface area (Å²) in [6, 6.07) is 4.84. The van der Waals surface area contributed by atoms with Crippen molar-refractivity contribution in [3.05, 3.63) is 24.1 Å². The number of anilines is 1. The second kappa shape index (κ2) is 5.35. The molecule has 1 aromatic heterocycles. The molecule has 0 spiro atoms. The van der Waals surface area contributed by atoms with Crippen LogP contribution >= 0.6 is 11.8 Å². The molecule has 1 unspecified atom stereocenters. The molecule has 2 heterocycles. The molecule has 1 atom stereocenters. The Morgan fingerprint density at radius 1 is 1.47 bits per heavy atom. The molecule has 2 rings (SSSR count). The molecule has 1 aliphatic heterocycles. The fourth-order valence-electron chi connectivity index (χ4n) is 1.69. The van der Waals surface area contributed by atoms with Crippen molar-refractivity contribution in [1.29, 1.82) is 0 Å². The van der Waals surface area contributed by atoms with Crippen molar-refractivity contribution in [1.82, 2.24) is 4.98 Å². The maximum absolute atomic E-state index is 12.8. The highest BCUT2D eigenvalue weighted by atomic mass is 32.2. The van der Waals surface area contributed by atoms with Gasteiger partial charge in [0.05, 0.1) is 0 Å². The van der Waals surface area contributed by atoms with E-state index in [9.17, 15) is 4.39 Å². The van der Waals surface area contributed by atoms with E-state index in [-0.39, 0.29) is 0 Å². The molecule has 0 bridgehead atoms. The normalized spacial score (nSPS) is 21.3. The molecule has 2 nitrogen and oxygen atoms in total. The minimum Gasteiger partial charge on any atom is -0.369 e. The standard InChI is InChI=1S/C11H15FN2S/c12-10-5-3-6-11(14-10)13-8-9-4-1-2-7-15-9/h3,5-6,9H,1-2,4,7-8H2,(H,13,14). The fraction of sp³-hybridized carbons (Fsp3) is 0.545. The molecule has 0 radical (unpaired) electrons. The van der Waals surface area contributed by atoms with Crippen LogP contribution in [0.15, 0.2) is 18.2 Å². The van der Waals surface area contributed by atoms with E-state index in [0.29, 0.717) is 11.1 Å². The summed E-state index contributed by atoms with van der Waals surface area (Å²) in [7, 11) is 0. The summed E-state index contributed by atoms with van der Waals surface area (Å²) in [5.74, 6) is 1.47. The van der Waals surface area contributed by atoms with Gasteiger partial charge in [-0.1, -0.05) is 12.5 Å². The molecule has 1 aromatic rings. The first-order chi connectivity index (χ1) is 7.34. The molecule has 1 aliphatic rings. The zero-order valence-corrected chi connectivity index (χ0v) is 9.39. The van der Waals surface area contributed by atoms with Crippen LogP contribution in [0.3, 0.4) is 0 Å². The van der Waals surface area contributed by atoms with E-state index in [1.165, 1.54) is 31.1 Å². The van der Waals surface area contributed by atoms with E-state index in [1.807, 2.05) is 11.8 Å². The van der Waals surface area contributed by atoms with Crippen LogP contribution in [0, 0.1) is 5.95 Å². The molecule has 1 N–H and O–H groups in total. The Balaban J connectivity index is 1.81. The Morgan fingerprint density at radius 2 is 2.40 bits per heavy atom. The maximum Gasteiger partial charge on any atom is 0.214 e. The average Bonchev–Trinajstić information content (AvgIpc) is 2.28. The van der Waals surface area contributed by atoms with Gasteiger partial charge in [0, 0.05) is 11.8 Å². The number of hydrogen-bond donors (Lipinski definition) is 1. The molecule has 82 valence electrons. The molecule has 1 fully saturated rings. The zero-order valence-electron chi connectivity index (χ0n) is 8.58. The number of aromatic nitrogens is 1. The first-order valence-electron chi connectivity index (χ1n) is 5.32. The Hall–Kier alpha value is -0.770. The number of nitrogens with zero attached hydrogens (tertiary/aromatic N) is 1. The van der Waals surface area contributed by atoms with Crippen LogP contribution in [0.5, 0.6) is 0 Å². The van der Waals surface area contributed by atoms with Crippen LogP contribution in [0.25, 0.3) is 0 Å². The number of nitrogens with one attached hydrogen (secondary N) is 1. The molecule has 1 saturated heterocycles. The number of halogens is 1. The first kappa shape index (κ1) is 10.7. The average molecular weight is 226 g/mol. The van der Waals surface area contributed by atoms with Crippen molar-refractivity contribution >= 4 is 17.6 Å². The molecule has 0 saturated carbocycles. The van der Waals surface area contributed by atoms with E-state index in [1.54, 1.807) is 12.1 Å². The van der Waals surface area contributed by atoms with Crippen molar-refractivity contribution in [3.63, 3.8) is 0 Å². The molecule has 0 aromatic carbocycles. The van der Waals surface area contributed by atoms with E-state index < -0.39 is 5.95 Å². The van der Waals surface area contributed by atoms with Crippen molar-refractivity contribution in [2.24, 2.45) is 0 Å². The third kappa shape index (κ3) is 3.38. The maximum atomic E-state index is 12.8. The largest absolute Gasteiger partial charge is 0.369 e. The van der Waals surface area contributed by atoms with E-state index in [2.05, 4.69) is 10.3 Å². The highest BCUT2D eigenvalue weighted by Gasteiger charge is 2.13. The summed E-state index contributed by atoms with van der Waals surface area (Å²) >= 11 is 2.00. The van der Waals surface area contributed by atoms with Crippen molar-refractivity contribution in [2.45, 2.75) is 24.5 Å². The van der Waals surface area contributed by atoms with Gasteiger partial charge >= 0.3 is 0 Å². The summed E-state index contributed by atoms with van der Waals surface area (Å²) in [6.45, 7) is 0.890. The number of hydrogen-bond acceptors (Lipinski definition) is 3. The molecule has 4 heteroatoms. The fourth-order valence-corrected chi connectivity index (χ4v) is 2.93. The highest BCUT2D eigenvalue weighted by Crippen LogP contribution is 2.24. The molecule has 0 aliphatic carbocycles. The number of rotatable bonds is 3. The van der Waals surface area contributed by atoms with Gasteiger partial charge in [0.25, 0.3) is 0 Å². The van der Waals surface area contributed by atoms with Crippen LogP contribution in [0.2, 0.25) is 0 Å². The third-order valence-electron chi connectivity index (χ3n) is 2.50. The molecule has 0 amide bonds. The monoisotopic (exact) mass is 226 g/mol. The first-order valence-corrected chi connectivity index (χ1v) is 6.37. The second-order valence-corrected chi connectivity index (χ2v) is 5.12. The van der Waals surface area contributed by atoms with Crippen LogP contribution in [-0.2, 0) is 0 Å². The van der Waals surface area contributed by atoms with Crippen molar-refractivity contribution in [2.75, 3.05) is 17.6 Å². The lowest BCUT2D eigenvalue weighted by molar-refractivity contribution is 0.584. The summed E-state index contributed by atoms with van der Waals surface area (Å²) < 4.78 is 12.8. The number of pyridine rings is 1. The predicted octanol–water partition coefficient (Wildman–Crippen LogP) is 2.92. The van der Waals surface area contributed by atoms with Crippen LogP contribution in [-0.4, -0.2) is 22.5 Å². The second-order valence-electron chi connectivity index (χ2n) is 3.72. The van der Waals surface area contributed by atoms with Gasteiger partial charge in [0.1, 0.15) is 5.82 Å². The highest BCUT2D eigenvalue weighted by molar-refractivity contribution is 7.99. The van der Waals surface area contributed by atoms with Gasteiger partial charge in [-0.2, -0.15) is 16.2 Å². The zero-order chi connectivity index (χ0) is 10.5. The Bertz CT molecular complexity index is 313. The Kier molecular flexibility index (Phi) is 3.83. The van der Waals surface area contributed by atoms with E-state index in [4.69, 9.17) is 0 Å². The lowest BCUT2D eigenvalue weighted by atomic mass is 10.2. The van der Waals surface area contributed by atoms with Crippen LogP contribution < -0.4 is 5.32 Å². The summed E-state index contributed by atoms with van der Waals surface area (Å²) in [5.41, 5.74) is 0. The number of thioether (sulfide) groups is 1. The molecular weight excluding hydrogens is 211 g/mol. The lowest BCUT2D eigenvalue weighted by Crippen LogP contribution is -2.20. The summed E-state index contributed by atoms with van der Waals surface area (Å²) in [5, 5.41) is 3.84. The quantitative estimate of drug-likeness (QED) is 0.802.